The van der Waals surface area contributed by atoms with E-state index in [2.05, 4.69) is 0 Å². The number of carboxylic acid groups (broad SMARTS) is 1. The highest BCUT2D eigenvalue weighted by atomic mass is 35.5. The molecule has 0 heterocycles. The van der Waals surface area contributed by atoms with Gasteiger partial charge in [0.1, 0.15) is 0 Å². The number of benzene rings is 1. The van der Waals surface area contributed by atoms with Crippen LogP contribution in [0.1, 0.15) is 31.4 Å². The second kappa shape index (κ2) is 4.23. The number of carbonyl (C=O) groups is 1. The highest BCUT2D eigenvalue weighted by Crippen LogP contribution is 2.29. The molecule has 0 aliphatic rings. The van der Waals surface area contributed by atoms with Crippen LogP contribution in [0.5, 0.6) is 0 Å². The summed E-state index contributed by atoms with van der Waals surface area (Å²) in [6, 6.07) is 5.65. The third-order valence-corrected chi connectivity index (χ3v) is 2.96. The average molecular weight is 227 g/mol. The summed E-state index contributed by atoms with van der Waals surface area (Å²) in [7, 11) is 0. The van der Waals surface area contributed by atoms with Crippen molar-refractivity contribution in [2.75, 3.05) is 0 Å². The second-order valence-corrected chi connectivity index (χ2v) is 4.83. The van der Waals surface area contributed by atoms with Crippen molar-refractivity contribution in [1.82, 2.24) is 0 Å². The molecule has 1 aromatic carbocycles. The molecule has 82 valence electrons. The number of carboxylic acids is 1. The van der Waals surface area contributed by atoms with Gasteiger partial charge in [-0.05, 0) is 24.1 Å². The lowest BCUT2D eigenvalue weighted by Crippen LogP contribution is -2.21. The molecule has 2 nitrogen and oxygen atoms in total. The maximum absolute atomic E-state index is 10.7. The Labute approximate surface area is 94.9 Å². The van der Waals surface area contributed by atoms with Gasteiger partial charge in [0.15, 0.2) is 0 Å². The Bertz CT molecular complexity index is 383. The van der Waals surface area contributed by atoms with E-state index in [1.165, 1.54) is 0 Å². The summed E-state index contributed by atoms with van der Waals surface area (Å²) in [4.78, 5) is 10.7. The first-order chi connectivity index (χ1) is 6.83. The summed E-state index contributed by atoms with van der Waals surface area (Å²) < 4.78 is 0. The molecule has 0 aliphatic carbocycles. The fourth-order valence-corrected chi connectivity index (χ4v) is 1.66. The van der Waals surface area contributed by atoms with E-state index in [-0.39, 0.29) is 11.8 Å². The normalized spacial score (nSPS) is 11.5. The number of rotatable bonds is 3. The Morgan fingerprint density at radius 1 is 1.47 bits per heavy atom. The van der Waals surface area contributed by atoms with E-state index in [0.29, 0.717) is 5.02 Å². The van der Waals surface area contributed by atoms with Gasteiger partial charge in [-0.3, -0.25) is 4.79 Å². The van der Waals surface area contributed by atoms with E-state index in [4.69, 9.17) is 16.7 Å². The van der Waals surface area contributed by atoms with Crippen molar-refractivity contribution in [3.63, 3.8) is 0 Å². The molecule has 0 spiro atoms. The Morgan fingerprint density at radius 2 is 2.07 bits per heavy atom. The largest absolute Gasteiger partial charge is 0.481 e. The highest BCUT2D eigenvalue weighted by Gasteiger charge is 2.24. The number of halogens is 1. The molecule has 3 heteroatoms. The average Bonchev–Trinajstić information content (AvgIpc) is 2.07. The summed E-state index contributed by atoms with van der Waals surface area (Å²) in [5, 5.41) is 9.52. The smallest absolute Gasteiger partial charge is 0.304 e. The van der Waals surface area contributed by atoms with Crippen LogP contribution in [0, 0.1) is 6.92 Å². The van der Waals surface area contributed by atoms with E-state index in [1.807, 2.05) is 39.0 Å². The molecule has 0 fully saturated rings. The van der Waals surface area contributed by atoms with Crippen molar-refractivity contribution < 1.29 is 9.90 Å². The molecule has 0 unspecified atom stereocenters. The van der Waals surface area contributed by atoms with Crippen molar-refractivity contribution in [1.29, 1.82) is 0 Å². The predicted octanol–water partition coefficient (Wildman–Crippen LogP) is 3.40. The van der Waals surface area contributed by atoms with E-state index in [0.717, 1.165) is 11.1 Å². The first-order valence-corrected chi connectivity index (χ1v) is 5.19. The summed E-state index contributed by atoms with van der Waals surface area (Å²) >= 11 is 5.92. The molecule has 0 saturated carbocycles. The van der Waals surface area contributed by atoms with Crippen LogP contribution in [0.4, 0.5) is 0 Å². The lowest BCUT2D eigenvalue weighted by molar-refractivity contribution is -0.138. The molecule has 1 N–H and O–H groups in total. The third kappa shape index (κ3) is 2.96. The van der Waals surface area contributed by atoms with Gasteiger partial charge in [-0.1, -0.05) is 37.6 Å². The molecule has 0 radical (unpaired) electrons. The van der Waals surface area contributed by atoms with Crippen molar-refractivity contribution in [2.24, 2.45) is 0 Å². The molecule has 15 heavy (non-hydrogen) atoms. The van der Waals surface area contributed by atoms with Crippen LogP contribution >= 0.6 is 11.6 Å². The fraction of sp³-hybridized carbons (Fsp3) is 0.417. The first-order valence-electron chi connectivity index (χ1n) is 4.81. The van der Waals surface area contributed by atoms with Gasteiger partial charge in [-0.25, -0.2) is 0 Å². The topological polar surface area (TPSA) is 37.3 Å². The molecule has 1 rings (SSSR count). The van der Waals surface area contributed by atoms with Crippen molar-refractivity contribution >= 4 is 17.6 Å². The van der Waals surface area contributed by atoms with E-state index in [1.54, 1.807) is 0 Å². The molecule has 0 atom stereocenters. The summed E-state index contributed by atoms with van der Waals surface area (Å²) in [5.74, 6) is -0.785. The Balaban J connectivity index is 3.04. The maximum Gasteiger partial charge on any atom is 0.304 e. The number of hydrogen-bond acceptors (Lipinski definition) is 1. The molecule has 0 saturated heterocycles. The van der Waals surface area contributed by atoms with E-state index < -0.39 is 5.97 Å². The van der Waals surface area contributed by atoms with Crippen LogP contribution in [-0.2, 0) is 10.2 Å². The van der Waals surface area contributed by atoms with Crippen LogP contribution in [0.15, 0.2) is 18.2 Å². The van der Waals surface area contributed by atoms with Gasteiger partial charge in [0.25, 0.3) is 0 Å². The minimum Gasteiger partial charge on any atom is -0.481 e. The van der Waals surface area contributed by atoms with Crippen LogP contribution in [0.2, 0.25) is 5.02 Å². The van der Waals surface area contributed by atoms with Gasteiger partial charge in [-0.2, -0.15) is 0 Å². The van der Waals surface area contributed by atoms with Gasteiger partial charge < -0.3 is 5.11 Å². The second-order valence-electron chi connectivity index (χ2n) is 4.42. The minimum absolute atomic E-state index is 0.119. The van der Waals surface area contributed by atoms with Gasteiger partial charge in [-0.15, -0.1) is 0 Å². The molecule has 0 aromatic heterocycles. The zero-order chi connectivity index (χ0) is 11.6. The van der Waals surface area contributed by atoms with Gasteiger partial charge >= 0.3 is 5.97 Å². The standard InChI is InChI=1S/C12H15ClO2/c1-8-6-9(4-5-10(8)13)12(2,3)7-11(14)15/h4-6H,7H2,1-3H3,(H,14,15). The van der Waals surface area contributed by atoms with Crippen molar-refractivity contribution in [2.45, 2.75) is 32.6 Å². The summed E-state index contributed by atoms with van der Waals surface area (Å²) in [6.07, 6.45) is 0.119. The van der Waals surface area contributed by atoms with Crippen LogP contribution in [0.25, 0.3) is 0 Å². The fourth-order valence-electron chi connectivity index (χ4n) is 1.55. The number of aryl methyl sites for hydroxylation is 1. The quantitative estimate of drug-likeness (QED) is 0.858. The predicted molar refractivity (Wildman–Crippen MR) is 61.5 cm³/mol. The summed E-state index contributed by atoms with van der Waals surface area (Å²) in [5.41, 5.74) is 1.63. The van der Waals surface area contributed by atoms with Crippen LogP contribution in [-0.4, -0.2) is 11.1 Å². The van der Waals surface area contributed by atoms with Crippen molar-refractivity contribution in [3.05, 3.63) is 34.3 Å². The number of aliphatic carboxylic acids is 1. The van der Waals surface area contributed by atoms with Gasteiger partial charge in [0, 0.05) is 10.4 Å². The Hall–Kier alpha value is -1.02. The highest BCUT2D eigenvalue weighted by molar-refractivity contribution is 6.31. The number of hydrogen-bond donors (Lipinski definition) is 1. The Kier molecular flexibility index (Phi) is 3.40. The van der Waals surface area contributed by atoms with E-state index >= 15 is 0 Å². The van der Waals surface area contributed by atoms with Crippen LogP contribution < -0.4 is 0 Å². The third-order valence-electron chi connectivity index (χ3n) is 2.53. The molecular weight excluding hydrogens is 212 g/mol. The van der Waals surface area contributed by atoms with Crippen LogP contribution in [0.3, 0.4) is 0 Å². The maximum atomic E-state index is 10.7. The molecular formula is C12H15ClO2. The zero-order valence-corrected chi connectivity index (χ0v) is 9.93. The molecule has 1 aromatic rings. The van der Waals surface area contributed by atoms with Gasteiger partial charge in [0.05, 0.1) is 6.42 Å². The lowest BCUT2D eigenvalue weighted by atomic mass is 9.81. The molecule has 0 bridgehead atoms. The van der Waals surface area contributed by atoms with Crippen molar-refractivity contribution in [3.8, 4) is 0 Å². The zero-order valence-electron chi connectivity index (χ0n) is 9.17. The monoisotopic (exact) mass is 226 g/mol. The van der Waals surface area contributed by atoms with E-state index in [9.17, 15) is 4.79 Å². The lowest BCUT2D eigenvalue weighted by Gasteiger charge is -2.23. The first kappa shape index (κ1) is 12.1. The van der Waals surface area contributed by atoms with Gasteiger partial charge in [0.2, 0.25) is 0 Å². The molecule has 0 aliphatic heterocycles. The minimum atomic E-state index is -0.785. The summed E-state index contributed by atoms with van der Waals surface area (Å²) in [6.45, 7) is 5.76. The Morgan fingerprint density at radius 3 is 2.53 bits per heavy atom. The molecule has 0 amide bonds. The SMILES string of the molecule is Cc1cc(C(C)(C)CC(=O)O)ccc1Cl.